The van der Waals surface area contributed by atoms with Crippen LogP contribution in [0.1, 0.15) is 30.9 Å². The Labute approximate surface area is 136 Å². The molecule has 0 radical (unpaired) electrons. The fourth-order valence-electron chi connectivity index (χ4n) is 2.13. The molecule has 0 N–H and O–H groups in total. The summed E-state index contributed by atoms with van der Waals surface area (Å²) in [6.45, 7) is 3.76. The molecule has 2 rings (SSSR count). The van der Waals surface area contributed by atoms with Crippen LogP contribution >= 0.6 is 12.2 Å². The molecule has 0 amide bonds. The van der Waals surface area contributed by atoms with E-state index in [2.05, 4.69) is 11.6 Å². The Morgan fingerprint density at radius 3 is 3.05 bits per heavy atom. The summed E-state index contributed by atoms with van der Waals surface area (Å²) >= 11 is 5.34. The van der Waals surface area contributed by atoms with Gasteiger partial charge in [0.15, 0.2) is 0 Å². The highest BCUT2D eigenvalue weighted by atomic mass is 32.1. The van der Waals surface area contributed by atoms with E-state index in [4.69, 9.17) is 21.7 Å². The number of benzene rings is 1. The molecule has 1 unspecified atom stereocenters. The van der Waals surface area contributed by atoms with Gasteiger partial charge in [-0.25, -0.2) is 4.98 Å². The average Bonchev–Trinajstić information content (AvgIpc) is 3.08. The van der Waals surface area contributed by atoms with E-state index < -0.39 is 0 Å². The lowest BCUT2D eigenvalue weighted by molar-refractivity contribution is 0.176. The number of imidazole rings is 1. The monoisotopic (exact) mass is 316 g/mol. The van der Waals surface area contributed by atoms with Gasteiger partial charge in [0.05, 0.1) is 7.11 Å². The lowest BCUT2D eigenvalue weighted by Gasteiger charge is -2.20. The number of methoxy groups -OCH3 is 1. The van der Waals surface area contributed by atoms with Crippen molar-refractivity contribution < 1.29 is 9.47 Å². The molecular weight excluding hydrogens is 296 g/mol. The zero-order valence-corrected chi connectivity index (χ0v) is 13.5. The molecule has 0 saturated carbocycles. The summed E-state index contributed by atoms with van der Waals surface area (Å²) in [5, 5.41) is 0.393. The van der Waals surface area contributed by atoms with Gasteiger partial charge >= 0.3 is 0 Å². The molecule has 4 nitrogen and oxygen atoms in total. The van der Waals surface area contributed by atoms with Crippen molar-refractivity contribution >= 4 is 17.4 Å². The van der Waals surface area contributed by atoms with Crippen LogP contribution < -0.4 is 4.74 Å². The fourth-order valence-corrected chi connectivity index (χ4v) is 2.36. The molecule has 0 bridgehead atoms. The molecule has 1 aromatic carbocycles. The summed E-state index contributed by atoms with van der Waals surface area (Å²) < 4.78 is 13.0. The van der Waals surface area contributed by atoms with Crippen LogP contribution in [-0.4, -0.2) is 21.8 Å². The smallest absolute Gasteiger partial charge is 0.269 e. The van der Waals surface area contributed by atoms with E-state index >= 15 is 0 Å². The highest BCUT2D eigenvalue weighted by molar-refractivity contribution is 7.80. The number of hydrogen-bond donors (Lipinski definition) is 0. The van der Waals surface area contributed by atoms with Crippen molar-refractivity contribution in [2.45, 2.75) is 25.4 Å². The molecule has 2 aromatic rings. The van der Waals surface area contributed by atoms with Crippen molar-refractivity contribution in [2.75, 3.05) is 7.11 Å². The Kier molecular flexibility index (Phi) is 6.15. The van der Waals surface area contributed by atoms with E-state index in [0.29, 0.717) is 5.17 Å². The van der Waals surface area contributed by atoms with Gasteiger partial charge in [-0.3, -0.25) is 4.57 Å². The van der Waals surface area contributed by atoms with E-state index in [1.165, 1.54) is 0 Å². The third kappa shape index (κ3) is 4.43. The minimum Gasteiger partial charge on any atom is -0.497 e. The van der Waals surface area contributed by atoms with Crippen LogP contribution in [0.5, 0.6) is 5.75 Å². The summed E-state index contributed by atoms with van der Waals surface area (Å²) in [4.78, 5) is 3.99. The van der Waals surface area contributed by atoms with Crippen molar-refractivity contribution in [3.05, 3.63) is 61.2 Å². The van der Waals surface area contributed by atoms with Crippen LogP contribution in [0.2, 0.25) is 0 Å². The van der Waals surface area contributed by atoms with E-state index in [-0.39, 0.29) is 6.10 Å². The van der Waals surface area contributed by atoms with Crippen LogP contribution in [0.25, 0.3) is 0 Å². The molecule has 1 atom stereocenters. The molecule has 0 spiro atoms. The predicted molar refractivity (Wildman–Crippen MR) is 91.1 cm³/mol. The van der Waals surface area contributed by atoms with Crippen molar-refractivity contribution in [3.63, 3.8) is 0 Å². The van der Waals surface area contributed by atoms with Crippen LogP contribution in [0.15, 0.2) is 55.6 Å². The van der Waals surface area contributed by atoms with Gasteiger partial charge in [-0.15, -0.1) is 6.58 Å². The second kappa shape index (κ2) is 8.34. The second-order valence-electron chi connectivity index (χ2n) is 4.84. The molecule has 5 heteroatoms. The van der Waals surface area contributed by atoms with Crippen molar-refractivity contribution in [3.8, 4) is 5.75 Å². The zero-order valence-electron chi connectivity index (χ0n) is 12.6. The van der Waals surface area contributed by atoms with Gasteiger partial charge in [-0.1, -0.05) is 18.2 Å². The maximum Gasteiger partial charge on any atom is 0.269 e. The molecule has 0 aliphatic heterocycles. The molecule has 0 saturated heterocycles. The normalized spacial score (nSPS) is 11.7. The number of aromatic nitrogens is 2. The average molecular weight is 316 g/mol. The Bertz CT molecular complexity index is 611. The molecular formula is C17H20N2O2S. The van der Waals surface area contributed by atoms with E-state index in [1.54, 1.807) is 30.4 Å². The second-order valence-corrected chi connectivity index (χ2v) is 5.19. The van der Waals surface area contributed by atoms with Crippen LogP contribution in [0.4, 0.5) is 0 Å². The molecule has 116 valence electrons. The Morgan fingerprint density at radius 1 is 1.50 bits per heavy atom. The number of unbranched alkanes of at least 4 members (excludes halogenated alkanes) is 1. The van der Waals surface area contributed by atoms with Crippen molar-refractivity contribution in [2.24, 2.45) is 0 Å². The minimum atomic E-state index is -0.120. The third-order valence-corrected chi connectivity index (χ3v) is 3.61. The quantitative estimate of drug-likeness (QED) is 0.437. The van der Waals surface area contributed by atoms with Gasteiger partial charge in [0, 0.05) is 12.4 Å². The summed E-state index contributed by atoms with van der Waals surface area (Å²) in [5.41, 5.74) is 1.05. The van der Waals surface area contributed by atoms with Gasteiger partial charge in [0.25, 0.3) is 5.17 Å². The number of nitrogens with zero attached hydrogens (tertiary/aromatic N) is 2. The number of rotatable bonds is 7. The SMILES string of the molecule is C=CCCCC(OC(=S)n1ccnc1)c1cccc(OC)c1. The summed E-state index contributed by atoms with van der Waals surface area (Å²) in [5.74, 6) is 0.809. The minimum absolute atomic E-state index is 0.120. The molecule has 0 aliphatic carbocycles. The van der Waals surface area contributed by atoms with Crippen LogP contribution in [0, 0.1) is 0 Å². The van der Waals surface area contributed by atoms with Crippen molar-refractivity contribution in [1.29, 1.82) is 0 Å². The number of ether oxygens (including phenoxy) is 2. The van der Waals surface area contributed by atoms with Crippen molar-refractivity contribution in [1.82, 2.24) is 9.55 Å². The largest absolute Gasteiger partial charge is 0.497 e. The highest BCUT2D eigenvalue weighted by Crippen LogP contribution is 2.27. The van der Waals surface area contributed by atoms with Crippen LogP contribution in [0.3, 0.4) is 0 Å². The first-order valence-electron chi connectivity index (χ1n) is 7.18. The maximum absolute atomic E-state index is 5.99. The standard InChI is InChI=1S/C17H20N2O2S/c1-3-4-5-9-16(14-7-6-8-15(12-14)20-2)21-17(22)19-11-10-18-13-19/h3,6-8,10-13,16H,1,4-5,9H2,2H3. The predicted octanol–water partition coefficient (Wildman–Crippen LogP) is 4.14. The fraction of sp³-hybridized carbons (Fsp3) is 0.294. The number of hydrogen-bond acceptors (Lipinski definition) is 4. The van der Waals surface area contributed by atoms with Crippen LogP contribution in [-0.2, 0) is 4.74 Å². The summed E-state index contributed by atoms with van der Waals surface area (Å²) in [6.07, 6.45) is 9.66. The Hall–Kier alpha value is -2.14. The molecule has 0 aliphatic rings. The highest BCUT2D eigenvalue weighted by Gasteiger charge is 2.16. The first-order valence-corrected chi connectivity index (χ1v) is 7.59. The molecule has 1 heterocycles. The summed E-state index contributed by atoms with van der Waals surface area (Å²) in [6, 6.07) is 7.88. The van der Waals surface area contributed by atoms with Gasteiger partial charge < -0.3 is 9.47 Å². The molecule has 22 heavy (non-hydrogen) atoms. The number of thiocarbonyl (C=S) groups is 1. The van der Waals surface area contributed by atoms with Gasteiger partial charge in [0.2, 0.25) is 0 Å². The first kappa shape index (κ1) is 16.2. The maximum atomic E-state index is 5.99. The van der Waals surface area contributed by atoms with E-state index in [9.17, 15) is 0 Å². The number of allylic oxidation sites excluding steroid dienone is 1. The first-order chi connectivity index (χ1) is 10.7. The lowest BCUT2D eigenvalue weighted by atomic mass is 10.0. The lowest BCUT2D eigenvalue weighted by Crippen LogP contribution is -2.16. The van der Waals surface area contributed by atoms with Gasteiger partial charge in [-0.05, 0) is 49.2 Å². The van der Waals surface area contributed by atoms with E-state index in [0.717, 1.165) is 30.6 Å². The van der Waals surface area contributed by atoms with Gasteiger partial charge in [0.1, 0.15) is 18.2 Å². The zero-order chi connectivity index (χ0) is 15.8. The topological polar surface area (TPSA) is 36.3 Å². The molecule has 0 fully saturated rings. The summed E-state index contributed by atoms with van der Waals surface area (Å²) in [7, 11) is 1.66. The molecule has 1 aromatic heterocycles. The third-order valence-electron chi connectivity index (χ3n) is 3.30. The Morgan fingerprint density at radius 2 is 2.36 bits per heavy atom. The Balaban J connectivity index is 2.14. The van der Waals surface area contributed by atoms with E-state index in [1.807, 2.05) is 30.3 Å². The van der Waals surface area contributed by atoms with Gasteiger partial charge in [-0.2, -0.15) is 0 Å².